The molecule has 0 aromatic heterocycles. The van der Waals surface area contributed by atoms with Gasteiger partial charge in [-0.3, -0.25) is 0 Å². The molecule has 0 atom stereocenters. The summed E-state index contributed by atoms with van der Waals surface area (Å²) in [5.41, 5.74) is 0. The maximum absolute atomic E-state index is 10.3. The Morgan fingerprint density at radius 2 is 2.09 bits per heavy atom. The van der Waals surface area contributed by atoms with Gasteiger partial charge in [-0.1, -0.05) is 6.58 Å². The first-order chi connectivity index (χ1) is 5.08. The third-order valence-electron chi connectivity index (χ3n) is 0.519. The Labute approximate surface area is 65.4 Å². The molecule has 0 aromatic rings. The van der Waals surface area contributed by atoms with E-state index in [1.165, 1.54) is 0 Å². The van der Waals surface area contributed by atoms with Gasteiger partial charge in [0.15, 0.2) is 0 Å². The third kappa shape index (κ3) is 17.7. The Kier molecular flexibility index (Phi) is 9.59. The number of hydrogen-bond donors (Lipinski definition) is 1. The summed E-state index contributed by atoms with van der Waals surface area (Å²) in [5, 5.41) is 5.40. The summed E-state index contributed by atoms with van der Waals surface area (Å²) in [7, 11) is 0. The molecule has 11 heavy (non-hydrogen) atoms. The maximum atomic E-state index is 10.3. The highest BCUT2D eigenvalue weighted by Crippen LogP contribution is 1.87. The molecular weight excluding hydrogens is 146 g/mol. The monoisotopic (exact) mass is 157 g/mol. The van der Waals surface area contributed by atoms with Crippen LogP contribution in [0.15, 0.2) is 12.7 Å². The summed E-state index contributed by atoms with van der Waals surface area (Å²) in [6.07, 6.45) is 1.86. The van der Waals surface area contributed by atoms with Crippen LogP contribution < -0.4 is 0 Å². The van der Waals surface area contributed by atoms with Crippen LogP contribution in [0.5, 0.6) is 0 Å². The van der Waals surface area contributed by atoms with Crippen LogP contribution in [0.1, 0.15) is 13.8 Å². The van der Waals surface area contributed by atoms with Gasteiger partial charge in [-0.15, -0.1) is 0 Å². The molecule has 4 nitrogen and oxygen atoms in total. The van der Waals surface area contributed by atoms with E-state index in [1.54, 1.807) is 13.8 Å². The minimum Gasteiger partial charge on any atom is -0.460 e. The zero-order valence-electron chi connectivity index (χ0n) is 6.59. The van der Waals surface area contributed by atoms with Crippen molar-refractivity contribution in [3.8, 4) is 0 Å². The van der Waals surface area contributed by atoms with E-state index in [0.29, 0.717) is 0 Å². The molecule has 0 bridgehead atoms. The first-order valence-electron chi connectivity index (χ1n) is 2.95. The van der Waals surface area contributed by atoms with E-state index in [-0.39, 0.29) is 12.1 Å². The molecule has 0 amide bonds. The molecule has 0 aromatic carbocycles. The van der Waals surface area contributed by atoms with E-state index < -0.39 is 0 Å². The number of rotatable bonds is 2. The van der Waals surface area contributed by atoms with Crippen LogP contribution in [-0.4, -0.2) is 18.2 Å². The molecule has 0 rings (SSSR count). The van der Waals surface area contributed by atoms with E-state index in [2.05, 4.69) is 11.3 Å². The van der Waals surface area contributed by atoms with Crippen molar-refractivity contribution in [1.82, 2.24) is 0 Å². The molecule has 62 valence electrons. The lowest BCUT2D eigenvalue weighted by molar-refractivity contribution is -0.141. The molecule has 0 spiro atoms. The van der Waals surface area contributed by atoms with Crippen LogP contribution in [-0.2, 0) is 14.3 Å². The fraction of sp³-hybridized carbons (Fsp3) is 0.429. The van der Waals surface area contributed by atoms with Crippen molar-refractivity contribution in [2.24, 2.45) is 0 Å². The van der Waals surface area contributed by atoms with Gasteiger partial charge >= 0.3 is 5.97 Å². The van der Waals surface area contributed by atoms with Crippen molar-refractivity contribution in [1.29, 1.82) is 5.41 Å². The number of hydrogen-bond acceptors (Lipinski definition) is 4. The van der Waals surface area contributed by atoms with Gasteiger partial charge in [-0.2, -0.15) is 0 Å². The quantitative estimate of drug-likeness (QED) is 0.281. The summed E-state index contributed by atoms with van der Waals surface area (Å²) in [6.45, 7) is 6.83. The average molecular weight is 157 g/mol. The number of isocyanates is 1. The molecule has 0 aliphatic rings. The van der Waals surface area contributed by atoms with Crippen LogP contribution in [0.3, 0.4) is 0 Å². The van der Waals surface area contributed by atoms with Crippen molar-refractivity contribution in [2.75, 3.05) is 0 Å². The molecule has 0 aliphatic carbocycles. The number of esters is 1. The fourth-order valence-corrected chi connectivity index (χ4v) is 0.280. The van der Waals surface area contributed by atoms with Crippen molar-refractivity contribution < 1.29 is 14.3 Å². The molecule has 0 aliphatic heterocycles. The van der Waals surface area contributed by atoms with Gasteiger partial charge in [0.1, 0.15) is 0 Å². The second kappa shape index (κ2) is 8.59. The zero-order valence-corrected chi connectivity index (χ0v) is 6.59. The van der Waals surface area contributed by atoms with E-state index in [0.717, 1.165) is 12.2 Å². The first kappa shape index (κ1) is 12.3. The molecule has 0 saturated heterocycles. The standard InChI is InChI=1S/C6H10O2.CHNO/c1-4-6(7)8-5(2)3;2-1-3/h4-5H,1H2,2-3H3;2H. The van der Waals surface area contributed by atoms with Crippen molar-refractivity contribution >= 4 is 12.0 Å². The summed E-state index contributed by atoms with van der Waals surface area (Å²) >= 11 is 0. The highest BCUT2D eigenvalue weighted by atomic mass is 16.5. The Morgan fingerprint density at radius 1 is 1.73 bits per heavy atom. The van der Waals surface area contributed by atoms with Gasteiger partial charge in [-0.05, 0) is 13.8 Å². The van der Waals surface area contributed by atoms with Crippen LogP contribution in [0, 0.1) is 5.41 Å². The highest BCUT2D eigenvalue weighted by Gasteiger charge is 1.96. The lowest BCUT2D eigenvalue weighted by Crippen LogP contribution is -2.07. The lowest BCUT2D eigenvalue weighted by atomic mass is 10.5. The molecular formula is C7H11NO3. The normalized spacial score (nSPS) is 7.18. The molecule has 4 heteroatoms. The minimum atomic E-state index is -0.361. The first-order valence-corrected chi connectivity index (χ1v) is 2.95. The molecule has 0 heterocycles. The van der Waals surface area contributed by atoms with Gasteiger partial charge in [0.2, 0.25) is 6.08 Å². The second-order valence-electron chi connectivity index (χ2n) is 1.79. The molecule has 0 saturated carbocycles. The topological polar surface area (TPSA) is 67.2 Å². The Balaban J connectivity index is 0. The van der Waals surface area contributed by atoms with Crippen molar-refractivity contribution in [3.63, 3.8) is 0 Å². The van der Waals surface area contributed by atoms with Crippen LogP contribution in [0.4, 0.5) is 0 Å². The fourth-order valence-electron chi connectivity index (χ4n) is 0.280. The molecule has 0 unspecified atom stereocenters. The number of carbonyl (C=O) groups is 1. The summed E-state index contributed by atoms with van der Waals surface area (Å²) in [6, 6.07) is 0. The lowest BCUT2D eigenvalue weighted by Gasteiger charge is -2.02. The average Bonchev–Trinajstić information content (AvgIpc) is 1.88. The largest absolute Gasteiger partial charge is 0.460 e. The predicted molar refractivity (Wildman–Crippen MR) is 39.8 cm³/mol. The smallest absolute Gasteiger partial charge is 0.330 e. The van der Waals surface area contributed by atoms with Crippen molar-refractivity contribution in [2.45, 2.75) is 20.0 Å². The molecule has 0 fully saturated rings. The Hall–Kier alpha value is -1.41. The molecule has 1 N–H and O–H groups in total. The second-order valence-corrected chi connectivity index (χ2v) is 1.79. The Morgan fingerprint density at radius 3 is 2.18 bits per heavy atom. The third-order valence-corrected chi connectivity index (χ3v) is 0.519. The summed E-state index contributed by atoms with van der Waals surface area (Å²) in [4.78, 5) is 18.6. The van der Waals surface area contributed by atoms with Gasteiger partial charge in [0, 0.05) is 6.08 Å². The van der Waals surface area contributed by atoms with Gasteiger partial charge in [0.25, 0.3) is 0 Å². The number of carbonyl (C=O) groups excluding carboxylic acids is 2. The molecule has 0 radical (unpaired) electrons. The van der Waals surface area contributed by atoms with E-state index in [1.807, 2.05) is 0 Å². The van der Waals surface area contributed by atoms with E-state index in [9.17, 15) is 4.79 Å². The Bertz CT molecular complexity index is 157. The van der Waals surface area contributed by atoms with E-state index >= 15 is 0 Å². The van der Waals surface area contributed by atoms with Gasteiger partial charge in [-0.25, -0.2) is 15.0 Å². The summed E-state index contributed by atoms with van der Waals surface area (Å²) < 4.78 is 4.64. The van der Waals surface area contributed by atoms with Crippen LogP contribution >= 0.6 is 0 Å². The SMILES string of the molecule is C=CC(=O)OC(C)C.N=C=O. The predicted octanol–water partition coefficient (Wildman–Crippen LogP) is 1.02. The van der Waals surface area contributed by atoms with E-state index in [4.69, 9.17) is 10.2 Å². The minimum absolute atomic E-state index is 0.0412. The number of nitrogens with one attached hydrogen (secondary N) is 1. The maximum Gasteiger partial charge on any atom is 0.330 e. The number of ether oxygens (including phenoxy) is 1. The van der Waals surface area contributed by atoms with Crippen LogP contribution in [0.2, 0.25) is 0 Å². The van der Waals surface area contributed by atoms with Gasteiger partial charge in [0.05, 0.1) is 6.10 Å². The van der Waals surface area contributed by atoms with Crippen molar-refractivity contribution in [3.05, 3.63) is 12.7 Å². The zero-order chi connectivity index (χ0) is 9.28. The van der Waals surface area contributed by atoms with Crippen LogP contribution in [0.25, 0.3) is 0 Å². The van der Waals surface area contributed by atoms with Gasteiger partial charge < -0.3 is 4.74 Å². The summed E-state index contributed by atoms with van der Waals surface area (Å²) in [5.74, 6) is -0.361. The highest BCUT2D eigenvalue weighted by molar-refractivity contribution is 5.81.